The SMILES string of the molecule is O=[N+]([O-])c1ccc(CN(Cc2cn(C(c3ccccc3)(c3ccccc3)c3ccccc3)cn2)c2cccc(Oc3ccccc3)c2)cc1. The van der Waals surface area contributed by atoms with Crippen LogP contribution in [0.4, 0.5) is 11.4 Å². The summed E-state index contributed by atoms with van der Waals surface area (Å²) in [7, 11) is 0. The van der Waals surface area contributed by atoms with Crippen LogP contribution in [0.15, 0.2) is 182 Å². The Kier molecular flexibility index (Phi) is 8.97. The first-order chi connectivity index (χ1) is 24.1. The molecule has 1 heterocycles. The van der Waals surface area contributed by atoms with Crippen molar-refractivity contribution in [2.24, 2.45) is 0 Å². The van der Waals surface area contributed by atoms with Gasteiger partial charge in [-0.25, -0.2) is 4.98 Å². The van der Waals surface area contributed by atoms with Crippen LogP contribution in [0.3, 0.4) is 0 Å². The molecule has 49 heavy (non-hydrogen) atoms. The Bertz CT molecular complexity index is 2020. The highest BCUT2D eigenvalue weighted by atomic mass is 16.6. The number of ether oxygens (including phenoxy) is 1. The Balaban J connectivity index is 1.30. The monoisotopic (exact) mass is 642 g/mol. The molecule has 0 aliphatic heterocycles. The Labute approximate surface area is 285 Å². The molecule has 7 heteroatoms. The first-order valence-electron chi connectivity index (χ1n) is 16.1. The lowest BCUT2D eigenvalue weighted by Crippen LogP contribution is -2.37. The van der Waals surface area contributed by atoms with Crippen molar-refractivity contribution >= 4 is 11.4 Å². The van der Waals surface area contributed by atoms with Crippen LogP contribution in [0.1, 0.15) is 27.9 Å². The van der Waals surface area contributed by atoms with Crippen molar-refractivity contribution in [3.63, 3.8) is 0 Å². The normalized spacial score (nSPS) is 11.2. The van der Waals surface area contributed by atoms with E-state index >= 15 is 0 Å². The van der Waals surface area contributed by atoms with Crippen molar-refractivity contribution in [3.8, 4) is 11.5 Å². The summed E-state index contributed by atoms with van der Waals surface area (Å²) in [6, 6.07) is 55.9. The number of aromatic nitrogens is 2. The van der Waals surface area contributed by atoms with Gasteiger partial charge in [0, 0.05) is 36.6 Å². The van der Waals surface area contributed by atoms with Gasteiger partial charge in [-0.2, -0.15) is 0 Å². The smallest absolute Gasteiger partial charge is 0.269 e. The average molecular weight is 643 g/mol. The van der Waals surface area contributed by atoms with Gasteiger partial charge in [0.05, 0.1) is 23.5 Å². The summed E-state index contributed by atoms with van der Waals surface area (Å²) < 4.78 is 8.40. The maximum Gasteiger partial charge on any atom is 0.269 e. The molecule has 0 saturated heterocycles. The van der Waals surface area contributed by atoms with Crippen molar-refractivity contribution in [1.82, 2.24) is 9.55 Å². The van der Waals surface area contributed by atoms with E-state index in [9.17, 15) is 10.1 Å². The molecule has 7 rings (SSSR count). The van der Waals surface area contributed by atoms with Crippen LogP contribution in [-0.4, -0.2) is 14.5 Å². The Hall–Kier alpha value is -6.47. The molecule has 7 nitrogen and oxygen atoms in total. The number of para-hydroxylation sites is 1. The lowest BCUT2D eigenvalue weighted by molar-refractivity contribution is -0.384. The fourth-order valence-electron chi connectivity index (χ4n) is 6.36. The number of imidazole rings is 1. The van der Waals surface area contributed by atoms with Crippen molar-refractivity contribution in [2.45, 2.75) is 18.6 Å². The van der Waals surface area contributed by atoms with E-state index in [1.54, 1.807) is 24.3 Å². The summed E-state index contributed by atoms with van der Waals surface area (Å²) >= 11 is 0. The zero-order chi connectivity index (χ0) is 33.5. The van der Waals surface area contributed by atoms with Crippen molar-refractivity contribution in [2.75, 3.05) is 4.90 Å². The molecule has 0 saturated carbocycles. The van der Waals surface area contributed by atoms with Crippen LogP contribution in [0.5, 0.6) is 11.5 Å². The standard InChI is InChI=1S/C42H34N4O3/c47-46(48)38-26-24-33(25-27-38)29-44(39-20-13-23-41(28-39)49-40-21-11-4-12-22-40)30-37-31-45(32-43-37)42(34-14-5-1-6-15-34,35-16-7-2-8-17-35)36-18-9-3-10-19-36/h1-28,31-32H,29-30H2. The molecule has 0 radical (unpaired) electrons. The van der Waals surface area contributed by atoms with Crippen LogP contribution in [0, 0.1) is 10.1 Å². The predicted octanol–water partition coefficient (Wildman–Crippen LogP) is 9.63. The topological polar surface area (TPSA) is 73.4 Å². The third-order valence-electron chi connectivity index (χ3n) is 8.63. The quantitative estimate of drug-likeness (QED) is 0.0754. The maximum atomic E-state index is 11.3. The molecule has 0 bridgehead atoms. The minimum absolute atomic E-state index is 0.0615. The Morgan fingerprint density at radius 3 is 1.71 bits per heavy atom. The van der Waals surface area contributed by atoms with E-state index in [2.05, 4.69) is 88.5 Å². The van der Waals surface area contributed by atoms with Crippen LogP contribution in [-0.2, 0) is 18.6 Å². The van der Waals surface area contributed by atoms with E-state index in [0.29, 0.717) is 18.8 Å². The number of rotatable bonds is 12. The zero-order valence-corrected chi connectivity index (χ0v) is 26.7. The first kappa shape index (κ1) is 31.1. The van der Waals surface area contributed by atoms with Gasteiger partial charge in [0.2, 0.25) is 0 Å². The molecule has 0 fully saturated rings. The highest BCUT2D eigenvalue weighted by Gasteiger charge is 2.38. The molecule has 0 amide bonds. The Morgan fingerprint density at radius 2 is 1.16 bits per heavy atom. The fourth-order valence-corrected chi connectivity index (χ4v) is 6.36. The molecule has 0 N–H and O–H groups in total. The number of non-ortho nitro benzene ring substituents is 1. The summed E-state index contributed by atoms with van der Waals surface area (Å²) in [6.07, 6.45) is 4.04. The van der Waals surface area contributed by atoms with Gasteiger partial charge >= 0.3 is 0 Å². The molecular formula is C42H34N4O3. The first-order valence-corrected chi connectivity index (χ1v) is 16.1. The van der Waals surface area contributed by atoms with Gasteiger partial charge in [0.15, 0.2) is 0 Å². The summed E-state index contributed by atoms with van der Waals surface area (Å²) in [5.41, 5.74) is 5.46. The highest BCUT2D eigenvalue weighted by molar-refractivity contribution is 5.54. The van der Waals surface area contributed by atoms with E-state index in [1.807, 2.05) is 79.1 Å². The summed E-state index contributed by atoms with van der Waals surface area (Å²) in [6.45, 7) is 0.980. The second kappa shape index (κ2) is 14.1. The third kappa shape index (κ3) is 6.68. The second-order valence-corrected chi connectivity index (χ2v) is 11.8. The number of benzene rings is 6. The molecule has 1 aromatic heterocycles. The summed E-state index contributed by atoms with van der Waals surface area (Å²) in [4.78, 5) is 18.2. The predicted molar refractivity (Wildman–Crippen MR) is 193 cm³/mol. The number of nitro groups is 1. The van der Waals surface area contributed by atoms with Gasteiger partial charge in [0.1, 0.15) is 17.0 Å². The number of hydrogen-bond acceptors (Lipinski definition) is 5. The van der Waals surface area contributed by atoms with Crippen molar-refractivity contribution in [1.29, 1.82) is 0 Å². The maximum absolute atomic E-state index is 11.3. The van der Waals surface area contributed by atoms with Crippen LogP contribution in [0.25, 0.3) is 0 Å². The van der Waals surface area contributed by atoms with Gasteiger partial charge in [-0.05, 0) is 46.5 Å². The van der Waals surface area contributed by atoms with Crippen LogP contribution < -0.4 is 9.64 Å². The van der Waals surface area contributed by atoms with Gasteiger partial charge in [-0.3, -0.25) is 10.1 Å². The van der Waals surface area contributed by atoms with Crippen molar-refractivity contribution in [3.05, 3.63) is 220 Å². The molecule has 7 aromatic rings. The summed E-state index contributed by atoms with van der Waals surface area (Å²) in [5, 5.41) is 11.3. The molecule has 0 unspecified atom stereocenters. The van der Waals surface area contributed by atoms with E-state index in [4.69, 9.17) is 9.72 Å². The van der Waals surface area contributed by atoms with Gasteiger partial charge in [-0.1, -0.05) is 127 Å². The van der Waals surface area contributed by atoms with Gasteiger partial charge < -0.3 is 14.2 Å². The minimum atomic E-state index is -0.679. The number of nitro benzene ring substituents is 1. The van der Waals surface area contributed by atoms with Gasteiger partial charge in [-0.15, -0.1) is 0 Å². The van der Waals surface area contributed by atoms with E-state index in [-0.39, 0.29) is 10.6 Å². The molecule has 0 spiro atoms. The molecule has 0 atom stereocenters. The third-order valence-corrected chi connectivity index (χ3v) is 8.63. The highest BCUT2D eigenvalue weighted by Crippen LogP contribution is 2.41. The van der Waals surface area contributed by atoms with E-state index in [1.165, 1.54) is 0 Å². The lowest BCUT2D eigenvalue weighted by Gasteiger charge is -2.37. The molecule has 240 valence electrons. The second-order valence-electron chi connectivity index (χ2n) is 11.8. The fraction of sp³-hybridized carbons (Fsp3) is 0.0714. The number of anilines is 1. The minimum Gasteiger partial charge on any atom is -0.457 e. The number of nitrogens with zero attached hydrogens (tertiary/aromatic N) is 4. The Morgan fingerprint density at radius 1 is 0.633 bits per heavy atom. The van der Waals surface area contributed by atoms with Crippen molar-refractivity contribution < 1.29 is 9.66 Å². The molecular weight excluding hydrogens is 608 g/mol. The van der Waals surface area contributed by atoms with Crippen LogP contribution in [0.2, 0.25) is 0 Å². The largest absolute Gasteiger partial charge is 0.457 e. The number of hydrogen-bond donors (Lipinski definition) is 0. The molecule has 0 aliphatic carbocycles. The van der Waals surface area contributed by atoms with Gasteiger partial charge in [0.25, 0.3) is 5.69 Å². The van der Waals surface area contributed by atoms with Crippen LogP contribution >= 0.6 is 0 Å². The van der Waals surface area contributed by atoms with E-state index < -0.39 is 5.54 Å². The zero-order valence-electron chi connectivity index (χ0n) is 26.7. The molecule has 0 aliphatic rings. The molecule has 6 aromatic carbocycles. The lowest BCUT2D eigenvalue weighted by atomic mass is 9.77. The summed E-state index contributed by atoms with van der Waals surface area (Å²) in [5.74, 6) is 1.46. The average Bonchev–Trinajstić information content (AvgIpc) is 3.62. The van der Waals surface area contributed by atoms with E-state index in [0.717, 1.165) is 39.4 Å².